The zero-order chi connectivity index (χ0) is 15.2. The van der Waals surface area contributed by atoms with Crippen LogP contribution in [0.1, 0.15) is 11.1 Å². The summed E-state index contributed by atoms with van der Waals surface area (Å²) in [5, 5.41) is 20.1. The van der Waals surface area contributed by atoms with Gasteiger partial charge >= 0.3 is 5.69 Å². The quantitative estimate of drug-likeness (QED) is 0.520. The molecule has 21 heavy (non-hydrogen) atoms. The van der Waals surface area contributed by atoms with E-state index in [0.29, 0.717) is 12.1 Å². The lowest BCUT2D eigenvalue weighted by atomic mass is 10.2. The lowest BCUT2D eigenvalue weighted by Crippen LogP contribution is -1.91. The zero-order valence-corrected chi connectivity index (χ0v) is 11.4. The van der Waals surface area contributed by atoms with Crippen molar-refractivity contribution in [1.29, 1.82) is 0 Å². The first-order chi connectivity index (χ1) is 10.1. The van der Waals surface area contributed by atoms with Gasteiger partial charge in [0, 0.05) is 12.3 Å². The van der Waals surface area contributed by atoms with Gasteiger partial charge in [0.25, 0.3) is 0 Å². The fourth-order valence-corrected chi connectivity index (χ4v) is 1.75. The number of aromatic hydroxyl groups is 1. The van der Waals surface area contributed by atoms with Crippen molar-refractivity contribution in [3.05, 3.63) is 63.7 Å². The van der Waals surface area contributed by atoms with Crippen LogP contribution in [0.15, 0.2) is 47.5 Å². The van der Waals surface area contributed by atoms with Gasteiger partial charge in [-0.2, -0.15) is 0 Å². The highest BCUT2D eigenvalue weighted by molar-refractivity contribution is 5.81. The number of nitrogens with zero attached hydrogens (tertiary/aromatic N) is 2. The smallest absolute Gasteiger partial charge is 0.311 e. The van der Waals surface area contributed by atoms with Crippen LogP contribution in [0, 0.1) is 10.1 Å². The van der Waals surface area contributed by atoms with Crippen LogP contribution in [-0.2, 0) is 6.54 Å². The average molecular weight is 286 g/mol. The summed E-state index contributed by atoms with van der Waals surface area (Å²) >= 11 is 0. The predicted molar refractivity (Wildman–Crippen MR) is 79.1 cm³/mol. The standard InChI is InChI=1S/C15H14N2O4/c1-21-13-5-2-11(3-6-13)9-16-10-12-4-7-15(18)14(8-12)17(19)20/h2-8,10,18H,9H2,1H3. The Morgan fingerprint density at radius 3 is 2.62 bits per heavy atom. The molecule has 0 aliphatic rings. The van der Waals surface area contributed by atoms with Crippen LogP contribution in [0.4, 0.5) is 5.69 Å². The molecule has 0 radical (unpaired) electrons. The zero-order valence-electron chi connectivity index (χ0n) is 11.4. The van der Waals surface area contributed by atoms with E-state index < -0.39 is 4.92 Å². The van der Waals surface area contributed by atoms with Crippen LogP contribution in [0.3, 0.4) is 0 Å². The molecule has 2 aromatic carbocycles. The molecule has 2 aromatic rings. The SMILES string of the molecule is COc1ccc(CN=Cc2ccc(O)c([N+](=O)[O-])c2)cc1. The highest BCUT2D eigenvalue weighted by Crippen LogP contribution is 2.25. The number of hydrogen-bond donors (Lipinski definition) is 1. The number of hydrogen-bond acceptors (Lipinski definition) is 5. The Labute approximate surface area is 121 Å². The molecule has 0 amide bonds. The van der Waals surface area contributed by atoms with E-state index in [1.807, 2.05) is 24.3 Å². The van der Waals surface area contributed by atoms with E-state index in [9.17, 15) is 15.2 Å². The normalized spacial score (nSPS) is 10.7. The molecule has 0 aliphatic heterocycles. The molecule has 0 bridgehead atoms. The first kappa shape index (κ1) is 14.5. The summed E-state index contributed by atoms with van der Waals surface area (Å²) in [6, 6.07) is 11.6. The second kappa shape index (κ2) is 6.51. The summed E-state index contributed by atoms with van der Waals surface area (Å²) in [5.74, 6) is 0.421. The molecule has 0 saturated heterocycles. The van der Waals surface area contributed by atoms with Crippen LogP contribution >= 0.6 is 0 Å². The number of benzene rings is 2. The Morgan fingerprint density at radius 2 is 2.00 bits per heavy atom. The van der Waals surface area contributed by atoms with Crippen molar-refractivity contribution in [3.63, 3.8) is 0 Å². The number of phenols is 1. The molecule has 0 fully saturated rings. The van der Waals surface area contributed by atoms with Gasteiger partial charge in [0.2, 0.25) is 0 Å². The Morgan fingerprint density at radius 1 is 1.29 bits per heavy atom. The van der Waals surface area contributed by atoms with E-state index in [4.69, 9.17) is 4.74 Å². The molecule has 0 heterocycles. The van der Waals surface area contributed by atoms with Gasteiger partial charge in [0.1, 0.15) is 5.75 Å². The van der Waals surface area contributed by atoms with E-state index >= 15 is 0 Å². The molecular weight excluding hydrogens is 272 g/mol. The average Bonchev–Trinajstić information content (AvgIpc) is 2.49. The van der Waals surface area contributed by atoms with Gasteiger partial charge in [0.15, 0.2) is 5.75 Å². The van der Waals surface area contributed by atoms with Crippen molar-refractivity contribution in [2.24, 2.45) is 4.99 Å². The minimum absolute atomic E-state index is 0.330. The molecule has 0 aliphatic carbocycles. The number of methoxy groups -OCH3 is 1. The van der Waals surface area contributed by atoms with E-state index in [0.717, 1.165) is 11.3 Å². The molecule has 108 valence electrons. The second-order valence-corrected chi connectivity index (χ2v) is 4.32. The summed E-state index contributed by atoms with van der Waals surface area (Å²) < 4.78 is 5.06. The minimum Gasteiger partial charge on any atom is -0.502 e. The van der Waals surface area contributed by atoms with E-state index in [1.54, 1.807) is 13.2 Å². The van der Waals surface area contributed by atoms with Gasteiger partial charge < -0.3 is 9.84 Å². The van der Waals surface area contributed by atoms with E-state index in [2.05, 4.69) is 4.99 Å². The lowest BCUT2D eigenvalue weighted by Gasteiger charge is -2.01. The Hall–Kier alpha value is -2.89. The number of ether oxygens (including phenoxy) is 1. The molecule has 2 rings (SSSR count). The molecule has 0 atom stereocenters. The van der Waals surface area contributed by atoms with Crippen LogP contribution < -0.4 is 4.74 Å². The van der Waals surface area contributed by atoms with Crippen molar-refractivity contribution in [3.8, 4) is 11.5 Å². The van der Waals surface area contributed by atoms with E-state index in [1.165, 1.54) is 18.3 Å². The van der Waals surface area contributed by atoms with Crippen molar-refractivity contribution in [2.75, 3.05) is 7.11 Å². The molecule has 0 spiro atoms. The number of aliphatic imine (C=N–C) groups is 1. The number of nitro benzene ring substituents is 1. The van der Waals surface area contributed by atoms with Gasteiger partial charge in [-0.05, 0) is 35.4 Å². The van der Waals surface area contributed by atoms with Gasteiger partial charge in [-0.15, -0.1) is 0 Å². The van der Waals surface area contributed by atoms with Crippen molar-refractivity contribution >= 4 is 11.9 Å². The summed E-state index contributed by atoms with van der Waals surface area (Å²) in [6.45, 7) is 0.457. The molecule has 6 nitrogen and oxygen atoms in total. The fraction of sp³-hybridized carbons (Fsp3) is 0.133. The summed E-state index contributed by atoms with van der Waals surface area (Å²) in [7, 11) is 1.60. The minimum atomic E-state index is -0.629. The topological polar surface area (TPSA) is 85.0 Å². The maximum absolute atomic E-state index is 10.7. The molecule has 0 aromatic heterocycles. The van der Waals surface area contributed by atoms with Gasteiger partial charge in [-0.3, -0.25) is 15.1 Å². The maximum Gasteiger partial charge on any atom is 0.311 e. The predicted octanol–water partition coefficient (Wildman–Crippen LogP) is 2.93. The molecule has 0 unspecified atom stereocenters. The van der Waals surface area contributed by atoms with Crippen molar-refractivity contribution in [1.82, 2.24) is 0 Å². The molecular formula is C15H14N2O4. The number of rotatable bonds is 5. The first-order valence-electron chi connectivity index (χ1n) is 6.20. The van der Waals surface area contributed by atoms with Gasteiger partial charge in [-0.25, -0.2) is 0 Å². The highest BCUT2D eigenvalue weighted by atomic mass is 16.6. The lowest BCUT2D eigenvalue weighted by molar-refractivity contribution is -0.385. The Bertz CT molecular complexity index is 666. The number of nitro groups is 1. The largest absolute Gasteiger partial charge is 0.502 e. The Balaban J connectivity index is 2.07. The molecule has 1 N–H and O–H groups in total. The Kier molecular flexibility index (Phi) is 4.50. The molecule has 6 heteroatoms. The van der Waals surface area contributed by atoms with Crippen molar-refractivity contribution in [2.45, 2.75) is 6.54 Å². The van der Waals surface area contributed by atoms with Crippen molar-refractivity contribution < 1.29 is 14.8 Å². The summed E-state index contributed by atoms with van der Waals surface area (Å²) in [5.41, 5.74) is 1.23. The third-order valence-corrected chi connectivity index (χ3v) is 2.87. The van der Waals surface area contributed by atoms with Crippen LogP contribution in [0.25, 0.3) is 0 Å². The van der Waals surface area contributed by atoms with Crippen LogP contribution in [0.2, 0.25) is 0 Å². The van der Waals surface area contributed by atoms with E-state index in [-0.39, 0.29) is 11.4 Å². The third kappa shape index (κ3) is 3.79. The highest BCUT2D eigenvalue weighted by Gasteiger charge is 2.12. The maximum atomic E-state index is 10.7. The van der Waals surface area contributed by atoms with Gasteiger partial charge in [0.05, 0.1) is 18.6 Å². The monoisotopic (exact) mass is 286 g/mol. The third-order valence-electron chi connectivity index (χ3n) is 2.87. The molecule has 0 saturated carbocycles. The van der Waals surface area contributed by atoms with Crippen LogP contribution in [0.5, 0.6) is 11.5 Å². The fourth-order valence-electron chi connectivity index (χ4n) is 1.75. The van der Waals surface area contributed by atoms with Crippen LogP contribution in [-0.4, -0.2) is 23.4 Å². The number of phenolic OH excluding ortho intramolecular Hbond substituents is 1. The summed E-state index contributed by atoms with van der Waals surface area (Å²) in [4.78, 5) is 14.3. The first-order valence-corrected chi connectivity index (χ1v) is 6.20. The summed E-state index contributed by atoms with van der Waals surface area (Å²) in [6.07, 6.45) is 1.54. The second-order valence-electron chi connectivity index (χ2n) is 4.32. The van der Waals surface area contributed by atoms with Gasteiger partial charge in [-0.1, -0.05) is 12.1 Å².